The maximum absolute atomic E-state index is 12.1. The van der Waals surface area contributed by atoms with Gasteiger partial charge in [0.15, 0.2) is 0 Å². The second-order valence-corrected chi connectivity index (χ2v) is 5.34. The molecule has 2 aromatic carbocycles. The van der Waals surface area contributed by atoms with Gasteiger partial charge >= 0.3 is 23.4 Å². The van der Waals surface area contributed by atoms with Crippen molar-refractivity contribution < 1.29 is 19.7 Å². The molecule has 0 unspecified atom stereocenters. The Hall–Kier alpha value is -4.48. The molecule has 1 heterocycles. The molecule has 0 spiro atoms. The predicted molar refractivity (Wildman–Crippen MR) is 96.0 cm³/mol. The molecule has 0 aliphatic heterocycles. The predicted octanol–water partition coefficient (Wildman–Crippen LogP) is 1.92. The number of nitrogens with one attached hydrogen (secondary N) is 1. The van der Waals surface area contributed by atoms with Gasteiger partial charge in [0.25, 0.3) is 0 Å². The lowest BCUT2D eigenvalue weighted by atomic mass is 10.0. The van der Waals surface area contributed by atoms with Crippen LogP contribution in [0.3, 0.4) is 0 Å². The number of hydrogen-bond donors (Lipinski definition) is 2. The number of aromatic nitrogens is 2. The van der Waals surface area contributed by atoms with E-state index in [4.69, 9.17) is 0 Å². The molecule has 2 N–H and O–H groups in total. The summed E-state index contributed by atoms with van der Waals surface area (Å²) in [6.45, 7) is 0. The monoisotopic (exact) mass is 382 g/mol. The highest BCUT2D eigenvalue weighted by atomic mass is 16.6. The molecular weight excluding hydrogens is 372 g/mol. The fraction of sp³-hybridized carbons (Fsp3) is 0. The fourth-order valence-electron chi connectivity index (χ4n) is 2.34. The Balaban J connectivity index is 1.88. The van der Waals surface area contributed by atoms with Crippen molar-refractivity contribution >= 4 is 34.5 Å². The zero-order valence-electron chi connectivity index (χ0n) is 13.8. The number of fused-ring (bicyclic) bond motifs is 1. The standard InChI is InChI=1S/C16H10N6O6/c23-12-6-5-9-3-1-2-4-10(9)11(12)8-17-20-16(24)15-18-13(21(25)26)7-14(19-15)22(27)28/h1-8,23H,(H,20,24)/b17-8+. The number of benzene rings is 2. The van der Waals surface area contributed by atoms with Crippen LogP contribution < -0.4 is 5.43 Å². The number of hydrogen-bond acceptors (Lipinski definition) is 9. The van der Waals surface area contributed by atoms with E-state index in [1.54, 1.807) is 18.2 Å². The van der Waals surface area contributed by atoms with Crippen LogP contribution in [0.1, 0.15) is 16.2 Å². The number of carbonyl (C=O) groups is 1. The molecule has 0 atom stereocenters. The Labute approximate surface area is 155 Å². The molecule has 0 saturated heterocycles. The van der Waals surface area contributed by atoms with Crippen molar-refractivity contribution in [2.75, 3.05) is 0 Å². The number of carbonyl (C=O) groups excluding carboxylic acids is 1. The van der Waals surface area contributed by atoms with Gasteiger partial charge in [-0.2, -0.15) is 5.10 Å². The van der Waals surface area contributed by atoms with Gasteiger partial charge < -0.3 is 25.3 Å². The van der Waals surface area contributed by atoms with Gasteiger partial charge in [-0.15, -0.1) is 0 Å². The third kappa shape index (κ3) is 3.70. The second kappa shape index (κ2) is 7.41. The van der Waals surface area contributed by atoms with Crippen LogP contribution in [0.25, 0.3) is 10.8 Å². The molecule has 0 saturated carbocycles. The highest BCUT2D eigenvalue weighted by Gasteiger charge is 2.29. The molecule has 12 heteroatoms. The first-order valence-electron chi connectivity index (χ1n) is 7.59. The number of hydrazone groups is 1. The third-order valence-electron chi connectivity index (χ3n) is 3.58. The van der Waals surface area contributed by atoms with Gasteiger partial charge in [-0.1, -0.05) is 30.3 Å². The summed E-state index contributed by atoms with van der Waals surface area (Å²) in [5, 5.41) is 36.8. The maximum atomic E-state index is 12.1. The minimum Gasteiger partial charge on any atom is -0.507 e. The van der Waals surface area contributed by atoms with E-state index < -0.39 is 33.2 Å². The minimum absolute atomic E-state index is 0.0843. The number of phenols is 1. The molecular formula is C16H10N6O6. The Morgan fingerprint density at radius 3 is 2.36 bits per heavy atom. The summed E-state index contributed by atoms with van der Waals surface area (Å²) in [5.74, 6) is -3.77. The topological polar surface area (TPSA) is 174 Å². The molecule has 3 rings (SSSR count). The van der Waals surface area contributed by atoms with Gasteiger partial charge in [-0.25, -0.2) is 5.43 Å². The van der Waals surface area contributed by atoms with Crippen LogP contribution in [-0.4, -0.2) is 37.0 Å². The van der Waals surface area contributed by atoms with E-state index in [2.05, 4.69) is 15.1 Å². The Bertz CT molecular complexity index is 1110. The van der Waals surface area contributed by atoms with Crippen LogP contribution in [0.5, 0.6) is 5.75 Å². The van der Waals surface area contributed by atoms with Gasteiger partial charge in [0.2, 0.25) is 0 Å². The molecule has 3 aromatic rings. The highest BCUT2D eigenvalue weighted by Crippen LogP contribution is 2.25. The van der Waals surface area contributed by atoms with Crippen LogP contribution >= 0.6 is 0 Å². The zero-order chi connectivity index (χ0) is 20.3. The lowest BCUT2D eigenvalue weighted by Crippen LogP contribution is -2.21. The molecule has 0 aliphatic carbocycles. The average Bonchev–Trinajstić information content (AvgIpc) is 2.69. The van der Waals surface area contributed by atoms with E-state index >= 15 is 0 Å². The fourth-order valence-corrected chi connectivity index (χ4v) is 2.34. The van der Waals surface area contributed by atoms with Crippen molar-refractivity contribution in [3.05, 3.63) is 74.1 Å². The van der Waals surface area contributed by atoms with E-state index in [9.17, 15) is 30.1 Å². The zero-order valence-corrected chi connectivity index (χ0v) is 13.8. The van der Waals surface area contributed by atoms with Crippen LogP contribution in [0.15, 0.2) is 47.6 Å². The molecule has 12 nitrogen and oxygen atoms in total. The van der Waals surface area contributed by atoms with Crippen LogP contribution in [0, 0.1) is 20.2 Å². The Kier molecular flexibility index (Phi) is 4.85. The normalized spacial score (nSPS) is 10.9. The molecule has 0 aliphatic rings. The van der Waals surface area contributed by atoms with Crippen LogP contribution in [0.4, 0.5) is 11.6 Å². The number of rotatable bonds is 5. The van der Waals surface area contributed by atoms with Gasteiger partial charge in [0, 0.05) is 15.5 Å². The van der Waals surface area contributed by atoms with Crippen molar-refractivity contribution in [2.24, 2.45) is 5.10 Å². The number of nitro groups is 2. The van der Waals surface area contributed by atoms with Crippen molar-refractivity contribution in [1.29, 1.82) is 0 Å². The summed E-state index contributed by atoms with van der Waals surface area (Å²) < 4.78 is 0. The van der Waals surface area contributed by atoms with Gasteiger partial charge in [0.1, 0.15) is 11.8 Å². The first-order chi connectivity index (χ1) is 13.4. The lowest BCUT2D eigenvalue weighted by Gasteiger charge is -2.04. The van der Waals surface area contributed by atoms with Crippen molar-refractivity contribution in [2.45, 2.75) is 0 Å². The number of nitrogens with zero attached hydrogens (tertiary/aromatic N) is 5. The van der Waals surface area contributed by atoms with E-state index in [0.29, 0.717) is 17.0 Å². The van der Waals surface area contributed by atoms with Crippen LogP contribution in [0.2, 0.25) is 0 Å². The van der Waals surface area contributed by atoms with Crippen molar-refractivity contribution in [1.82, 2.24) is 15.4 Å². The minimum atomic E-state index is -1.09. The molecule has 1 amide bonds. The Morgan fingerprint density at radius 2 is 1.71 bits per heavy atom. The molecule has 1 aromatic heterocycles. The highest BCUT2D eigenvalue weighted by molar-refractivity contribution is 6.02. The van der Waals surface area contributed by atoms with Gasteiger partial charge in [-0.3, -0.25) is 4.79 Å². The molecule has 140 valence electrons. The molecule has 28 heavy (non-hydrogen) atoms. The maximum Gasteiger partial charge on any atom is 0.440 e. The summed E-state index contributed by atoms with van der Waals surface area (Å²) in [6.07, 6.45) is 1.17. The Morgan fingerprint density at radius 1 is 1.07 bits per heavy atom. The summed E-state index contributed by atoms with van der Waals surface area (Å²) >= 11 is 0. The number of phenolic OH excluding ortho intramolecular Hbond substituents is 1. The molecule has 0 fully saturated rings. The van der Waals surface area contributed by atoms with E-state index in [-0.39, 0.29) is 5.75 Å². The smallest absolute Gasteiger partial charge is 0.440 e. The SMILES string of the molecule is O=C(N/N=C/c1c(O)ccc2ccccc12)c1nc([N+](=O)[O-])cc([N+](=O)[O-])n1. The first kappa shape index (κ1) is 18.3. The lowest BCUT2D eigenvalue weighted by molar-refractivity contribution is -0.399. The van der Waals surface area contributed by atoms with E-state index in [1.165, 1.54) is 12.3 Å². The average molecular weight is 382 g/mol. The van der Waals surface area contributed by atoms with Gasteiger partial charge in [-0.05, 0) is 26.7 Å². The quantitative estimate of drug-likeness (QED) is 0.382. The molecule has 0 bridgehead atoms. The van der Waals surface area contributed by atoms with Crippen molar-refractivity contribution in [3.8, 4) is 5.75 Å². The van der Waals surface area contributed by atoms with E-state index in [1.807, 2.05) is 17.6 Å². The summed E-state index contributed by atoms with van der Waals surface area (Å²) in [4.78, 5) is 38.5. The van der Waals surface area contributed by atoms with Crippen molar-refractivity contribution in [3.63, 3.8) is 0 Å². The first-order valence-corrected chi connectivity index (χ1v) is 7.59. The number of amides is 1. The second-order valence-electron chi connectivity index (χ2n) is 5.34. The number of aromatic hydroxyl groups is 1. The summed E-state index contributed by atoms with van der Waals surface area (Å²) in [6, 6.07) is 10.8. The van der Waals surface area contributed by atoms with Crippen LogP contribution in [-0.2, 0) is 0 Å². The largest absolute Gasteiger partial charge is 0.507 e. The molecule has 0 radical (unpaired) electrons. The summed E-state index contributed by atoms with van der Waals surface area (Å²) in [5.41, 5.74) is 2.34. The third-order valence-corrected chi connectivity index (χ3v) is 3.58. The summed E-state index contributed by atoms with van der Waals surface area (Å²) in [7, 11) is 0. The van der Waals surface area contributed by atoms with E-state index in [0.717, 1.165) is 5.39 Å². The van der Waals surface area contributed by atoms with Gasteiger partial charge in [0.05, 0.1) is 6.21 Å².